The largest absolute Gasteiger partial charge is 0.399 e. The first-order valence-electron chi connectivity index (χ1n) is 8.02. The van der Waals surface area contributed by atoms with Crippen LogP contribution in [0.3, 0.4) is 0 Å². The van der Waals surface area contributed by atoms with Crippen molar-refractivity contribution < 1.29 is 4.92 Å². The van der Waals surface area contributed by atoms with E-state index in [0.717, 1.165) is 5.69 Å². The average Bonchev–Trinajstić information content (AvgIpc) is 2.46. The topological polar surface area (TPSA) is 69.2 Å². The molecule has 2 aromatic rings. The molecule has 0 fully saturated rings. The molecule has 6 heteroatoms. The monoisotopic (exact) mass is 360 g/mol. The summed E-state index contributed by atoms with van der Waals surface area (Å²) in [4.78, 5) is 10.0. The molecule has 0 unspecified atom stereocenters. The van der Waals surface area contributed by atoms with E-state index < -0.39 is 16.1 Å². The lowest BCUT2D eigenvalue weighted by molar-refractivity contribution is -0.384. The van der Waals surface area contributed by atoms with E-state index in [0.29, 0.717) is 0 Å². The normalized spacial score (nSPS) is 11.4. The molecule has 0 atom stereocenters. The molecule has 2 N–H and O–H groups in total. The summed E-state index contributed by atoms with van der Waals surface area (Å²) >= 11 is 0. The molecule has 0 saturated heterocycles. The SMILES string of the molecule is C[Si](C)(C)c1ccc(N)cc1.C[Si](C)(C)c1ccc([N+](=O)[O-])cc1. The second kappa shape index (κ2) is 7.76. The number of benzene rings is 2. The first kappa shape index (κ1) is 20.1. The molecule has 0 aliphatic rings. The van der Waals surface area contributed by atoms with E-state index in [4.69, 9.17) is 5.73 Å². The van der Waals surface area contributed by atoms with Gasteiger partial charge >= 0.3 is 0 Å². The van der Waals surface area contributed by atoms with Crippen molar-refractivity contribution in [3.63, 3.8) is 0 Å². The predicted octanol–water partition coefficient (Wildman–Crippen LogP) is 3.95. The van der Waals surface area contributed by atoms with E-state index >= 15 is 0 Å². The molecular weight excluding hydrogens is 332 g/mol. The highest BCUT2D eigenvalue weighted by Gasteiger charge is 2.17. The Morgan fingerprint density at radius 1 is 0.750 bits per heavy atom. The summed E-state index contributed by atoms with van der Waals surface area (Å²) < 4.78 is 0. The van der Waals surface area contributed by atoms with E-state index in [1.807, 2.05) is 24.3 Å². The maximum Gasteiger partial charge on any atom is 0.269 e. The molecule has 0 heterocycles. The van der Waals surface area contributed by atoms with E-state index in [-0.39, 0.29) is 10.6 Å². The fourth-order valence-electron chi connectivity index (χ4n) is 2.07. The van der Waals surface area contributed by atoms with Crippen LogP contribution in [-0.4, -0.2) is 21.1 Å². The van der Waals surface area contributed by atoms with Crippen LogP contribution in [-0.2, 0) is 0 Å². The van der Waals surface area contributed by atoms with Gasteiger partial charge in [0.05, 0.1) is 21.1 Å². The first-order valence-corrected chi connectivity index (χ1v) is 15.0. The number of hydrogen-bond acceptors (Lipinski definition) is 3. The fourth-order valence-corrected chi connectivity index (χ4v) is 4.40. The minimum Gasteiger partial charge on any atom is -0.399 e. The van der Waals surface area contributed by atoms with E-state index in [2.05, 4.69) is 51.4 Å². The van der Waals surface area contributed by atoms with Crippen LogP contribution < -0.4 is 16.1 Å². The number of rotatable bonds is 3. The van der Waals surface area contributed by atoms with Gasteiger partial charge in [0.1, 0.15) is 0 Å². The van der Waals surface area contributed by atoms with Gasteiger partial charge in [0.25, 0.3) is 5.69 Å². The molecule has 2 rings (SSSR count). The van der Waals surface area contributed by atoms with Gasteiger partial charge in [0, 0.05) is 17.8 Å². The molecule has 0 aliphatic heterocycles. The van der Waals surface area contributed by atoms with Crippen molar-refractivity contribution in [1.82, 2.24) is 0 Å². The average molecular weight is 361 g/mol. The maximum absolute atomic E-state index is 10.4. The molecule has 24 heavy (non-hydrogen) atoms. The fraction of sp³-hybridized carbons (Fsp3) is 0.333. The summed E-state index contributed by atoms with van der Waals surface area (Å²) in [6.07, 6.45) is 0. The number of nitro groups is 1. The van der Waals surface area contributed by atoms with Crippen LogP contribution in [0, 0.1) is 10.1 Å². The van der Waals surface area contributed by atoms with Gasteiger partial charge in [-0.05, 0) is 12.1 Å². The second-order valence-corrected chi connectivity index (χ2v) is 18.1. The molecule has 0 amide bonds. The molecule has 0 saturated carbocycles. The third kappa shape index (κ3) is 6.29. The van der Waals surface area contributed by atoms with E-state index in [1.54, 1.807) is 12.1 Å². The smallest absolute Gasteiger partial charge is 0.269 e. The van der Waals surface area contributed by atoms with Crippen LogP contribution in [0.25, 0.3) is 0 Å². The van der Waals surface area contributed by atoms with Crippen LogP contribution in [0.15, 0.2) is 48.5 Å². The zero-order chi connectivity index (χ0) is 18.5. The molecule has 0 spiro atoms. The number of nitrogens with two attached hydrogens (primary N) is 1. The number of non-ortho nitro benzene ring substituents is 1. The lowest BCUT2D eigenvalue weighted by Crippen LogP contribution is -2.37. The Kier molecular flexibility index (Phi) is 6.51. The van der Waals surface area contributed by atoms with Gasteiger partial charge in [-0.15, -0.1) is 0 Å². The standard InChI is InChI=1S/C9H13NO2Si.C9H15NSi/c1-13(2,3)9-6-4-8(5-7-9)10(11)12;1-11(2,3)9-6-4-8(10)5-7-9/h4-7H,1-3H3;4-7H,10H2,1-3H3. The number of nitrogens with zero attached hydrogens (tertiary/aromatic N) is 1. The summed E-state index contributed by atoms with van der Waals surface area (Å²) in [5.74, 6) is 0. The maximum atomic E-state index is 10.4. The zero-order valence-electron chi connectivity index (χ0n) is 15.5. The van der Waals surface area contributed by atoms with Crippen molar-refractivity contribution in [1.29, 1.82) is 0 Å². The molecular formula is C18H28N2O2Si2. The Morgan fingerprint density at radius 3 is 1.38 bits per heavy atom. The van der Waals surface area contributed by atoms with Crippen molar-refractivity contribution in [3.05, 3.63) is 58.6 Å². The molecule has 4 nitrogen and oxygen atoms in total. The van der Waals surface area contributed by atoms with Crippen molar-refractivity contribution in [3.8, 4) is 0 Å². The number of anilines is 1. The van der Waals surface area contributed by atoms with E-state index in [9.17, 15) is 10.1 Å². The van der Waals surface area contributed by atoms with Gasteiger partial charge in [0.15, 0.2) is 0 Å². The van der Waals surface area contributed by atoms with Gasteiger partial charge < -0.3 is 5.73 Å². The Labute approximate surface area is 146 Å². The lowest BCUT2D eigenvalue weighted by atomic mass is 10.3. The summed E-state index contributed by atoms with van der Waals surface area (Å²) in [6, 6.07) is 15.1. The Balaban J connectivity index is 0.000000243. The molecule has 0 bridgehead atoms. The highest BCUT2D eigenvalue weighted by molar-refractivity contribution is 6.89. The second-order valence-electron chi connectivity index (χ2n) is 7.93. The molecule has 130 valence electrons. The first-order chi connectivity index (χ1) is 10.9. The van der Waals surface area contributed by atoms with Gasteiger partial charge in [-0.25, -0.2) is 0 Å². The molecule has 2 aromatic carbocycles. The van der Waals surface area contributed by atoms with Crippen molar-refractivity contribution in [2.24, 2.45) is 0 Å². The highest BCUT2D eigenvalue weighted by atomic mass is 28.3. The van der Waals surface area contributed by atoms with E-state index in [1.165, 1.54) is 10.4 Å². The third-order valence-corrected chi connectivity index (χ3v) is 7.85. The summed E-state index contributed by atoms with van der Waals surface area (Å²) in [5, 5.41) is 13.1. The molecule has 0 radical (unpaired) electrons. The van der Waals surface area contributed by atoms with Crippen LogP contribution >= 0.6 is 0 Å². The number of nitro benzene ring substituents is 1. The number of nitrogen functional groups attached to an aromatic ring is 1. The summed E-state index contributed by atoms with van der Waals surface area (Å²) in [5.41, 5.74) is 6.61. The van der Waals surface area contributed by atoms with Gasteiger partial charge in [0.2, 0.25) is 0 Å². The van der Waals surface area contributed by atoms with Crippen LogP contribution in [0.2, 0.25) is 39.3 Å². The van der Waals surface area contributed by atoms with Crippen LogP contribution in [0.4, 0.5) is 11.4 Å². The summed E-state index contributed by atoms with van der Waals surface area (Å²) in [6.45, 7) is 13.6. The minimum absolute atomic E-state index is 0.169. The Morgan fingerprint density at radius 2 is 1.08 bits per heavy atom. The Bertz CT molecular complexity index is 670. The van der Waals surface area contributed by atoms with Crippen molar-refractivity contribution in [2.45, 2.75) is 39.3 Å². The van der Waals surface area contributed by atoms with Crippen molar-refractivity contribution in [2.75, 3.05) is 5.73 Å². The quantitative estimate of drug-likeness (QED) is 0.390. The van der Waals surface area contributed by atoms with Gasteiger partial charge in [-0.3, -0.25) is 10.1 Å². The summed E-state index contributed by atoms with van der Waals surface area (Å²) in [7, 11) is -2.43. The van der Waals surface area contributed by atoms with Crippen LogP contribution in [0.5, 0.6) is 0 Å². The van der Waals surface area contributed by atoms with Crippen LogP contribution in [0.1, 0.15) is 0 Å². The van der Waals surface area contributed by atoms with Crippen molar-refractivity contribution >= 4 is 37.9 Å². The predicted molar refractivity (Wildman–Crippen MR) is 110 cm³/mol. The highest BCUT2D eigenvalue weighted by Crippen LogP contribution is 2.10. The molecule has 0 aliphatic carbocycles. The van der Waals surface area contributed by atoms with Gasteiger partial charge in [-0.2, -0.15) is 0 Å². The third-order valence-electron chi connectivity index (χ3n) is 3.72. The molecule has 0 aromatic heterocycles. The van der Waals surface area contributed by atoms with Gasteiger partial charge in [-0.1, -0.05) is 73.9 Å². The lowest BCUT2D eigenvalue weighted by Gasteiger charge is -2.15. The number of hydrogen-bond donors (Lipinski definition) is 1. The minimum atomic E-state index is -1.31. The zero-order valence-corrected chi connectivity index (χ0v) is 17.5. The Hall–Kier alpha value is -1.93.